The molecule has 0 radical (unpaired) electrons. The van der Waals surface area contributed by atoms with Gasteiger partial charge in [0.15, 0.2) is 29.3 Å². The SMILES string of the molecule is CCn1nnc([C@H]2O[C@@H](n3cnc4c(NCc5cccc(I)c5)nc(NC5CCC(N)CC5)nc43)[C@H](O)[C@@H]2O)n1. The smallest absolute Gasteiger partial charge is 0.227 e. The molecular weight excluding hydrogens is 629 g/mol. The summed E-state index contributed by atoms with van der Waals surface area (Å²) in [7, 11) is 0. The fraction of sp³-hybridized carbons (Fsp3) is 0.520. The number of nitrogens with zero attached hydrogens (tertiary/aromatic N) is 8. The Morgan fingerprint density at radius 3 is 2.73 bits per heavy atom. The number of hydrogen-bond acceptors (Lipinski definition) is 12. The van der Waals surface area contributed by atoms with E-state index in [1.54, 1.807) is 10.9 Å². The lowest BCUT2D eigenvalue weighted by Gasteiger charge is -2.27. The van der Waals surface area contributed by atoms with Crippen molar-refractivity contribution in [2.75, 3.05) is 10.6 Å². The predicted molar refractivity (Wildman–Crippen MR) is 154 cm³/mol. The number of nitrogens with one attached hydrogen (secondary N) is 2. The predicted octanol–water partition coefficient (Wildman–Crippen LogP) is 1.72. The fourth-order valence-corrected chi connectivity index (χ4v) is 5.78. The Kier molecular flexibility index (Phi) is 7.80. The van der Waals surface area contributed by atoms with E-state index < -0.39 is 24.5 Å². The van der Waals surface area contributed by atoms with Crippen LogP contribution in [0.25, 0.3) is 11.2 Å². The number of aryl methyl sites for hydroxylation is 1. The van der Waals surface area contributed by atoms with Crippen LogP contribution in [0, 0.1) is 3.57 Å². The molecule has 212 valence electrons. The molecule has 15 heteroatoms. The molecule has 1 aromatic carbocycles. The van der Waals surface area contributed by atoms with E-state index in [9.17, 15) is 10.2 Å². The van der Waals surface area contributed by atoms with Crippen LogP contribution < -0.4 is 16.4 Å². The van der Waals surface area contributed by atoms with Gasteiger partial charge in [-0.1, -0.05) is 12.1 Å². The van der Waals surface area contributed by atoms with Gasteiger partial charge in [-0.3, -0.25) is 4.57 Å². The molecule has 0 unspecified atom stereocenters. The van der Waals surface area contributed by atoms with Crippen molar-refractivity contribution in [1.29, 1.82) is 0 Å². The topological polar surface area (TPSA) is 187 Å². The van der Waals surface area contributed by atoms with Crippen LogP contribution in [0.2, 0.25) is 0 Å². The molecule has 1 saturated heterocycles. The third kappa shape index (κ3) is 5.47. The number of hydrogen-bond donors (Lipinski definition) is 5. The zero-order chi connectivity index (χ0) is 27.8. The number of nitrogens with two attached hydrogens (primary N) is 1. The lowest BCUT2D eigenvalue weighted by Crippen LogP contribution is -2.33. The van der Waals surface area contributed by atoms with Crippen LogP contribution in [-0.4, -0.2) is 74.2 Å². The Labute approximate surface area is 243 Å². The van der Waals surface area contributed by atoms with Crippen molar-refractivity contribution in [3.63, 3.8) is 0 Å². The van der Waals surface area contributed by atoms with E-state index in [0.717, 1.165) is 34.8 Å². The number of tetrazole rings is 1. The Hall–Kier alpha value is -2.99. The summed E-state index contributed by atoms with van der Waals surface area (Å²) in [6.07, 6.45) is 0.804. The lowest BCUT2D eigenvalue weighted by atomic mass is 9.92. The fourth-order valence-electron chi connectivity index (χ4n) is 5.18. The van der Waals surface area contributed by atoms with Gasteiger partial charge >= 0.3 is 0 Å². The summed E-state index contributed by atoms with van der Waals surface area (Å²) >= 11 is 2.29. The summed E-state index contributed by atoms with van der Waals surface area (Å²) in [4.78, 5) is 15.5. The quantitative estimate of drug-likeness (QED) is 0.173. The number of aliphatic hydroxyl groups is 2. The van der Waals surface area contributed by atoms with Gasteiger partial charge in [0.1, 0.15) is 12.2 Å². The van der Waals surface area contributed by atoms with E-state index in [2.05, 4.69) is 59.7 Å². The highest BCUT2D eigenvalue weighted by Gasteiger charge is 2.47. The van der Waals surface area contributed by atoms with Crippen molar-refractivity contribution in [3.8, 4) is 0 Å². The van der Waals surface area contributed by atoms with Gasteiger partial charge in [-0.25, -0.2) is 4.98 Å². The summed E-state index contributed by atoms with van der Waals surface area (Å²) in [5.41, 5.74) is 8.18. The second-order valence-electron chi connectivity index (χ2n) is 10.2. The highest BCUT2D eigenvalue weighted by molar-refractivity contribution is 14.1. The van der Waals surface area contributed by atoms with Gasteiger partial charge in [0.25, 0.3) is 0 Å². The molecule has 14 nitrogen and oxygen atoms in total. The van der Waals surface area contributed by atoms with Gasteiger partial charge in [0, 0.05) is 22.2 Å². The van der Waals surface area contributed by atoms with Gasteiger partial charge in [-0.05, 0) is 78.1 Å². The zero-order valence-corrected chi connectivity index (χ0v) is 24.1. The summed E-state index contributed by atoms with van der Waals surface area (Å²) in [5, 5.41) is 40.9. The molecule has 0 amide bonds. The largest absolute Gasteiger partial charge is 0.387 e. The van der Waals surface area contributed by atoms with Gasteiger partial charge in [0.2, 0.25) is 11.8 Å². The molecule has 1 saturated carbocycles. The highest BCUT2D eigenvalue weighted by Crippen LogP contribution is 2.39. The summed E-state index contributed by atoms with van der Waals surface area (Å²) in [5.74, 6) is 1.19. The maximum Gasteiger partial charge on any atom is 0.227 e. The minimum atomic E-state index is -1.27. The van der Waals surface area contributed by atoms with E-state index in [1.807, 2.05) is 25.1 Å². The molecule has 1 aliphatic carbocycles. The standard InChI is InChI=1S/C25H32IN11O3/c1-2-37-34-22(33-35-37)20-18(38)19(39)24(40-20)36-12-29-17-21(28-11-13-4-3-5-14(26)10-13)31-25(32-23(17)36)30-16-8-6-15(27)7-9-16/h3-5,10,12,15-16,18-20,24,38-39H,2,6-9,11,27H2,1H3,(H2,28,30,31,32)/t15?,16?,18-,19+,20-,24+/m0/s1. The maximum absolute atomic E-state index is 11.0. The van der Waals surface area contributed by atoms with E-state index in [-0.39, 0.29) is 17.9 Å². The average molecular weight is 662 g/mol. The van der Waals surface area contributed by atoms with E-state index in [0.29, 0.717) is 36.0 Å². The number of aliphatic hydroxyl groups excluding tert-OH is 2. The van der Waals surface area contributed by atoms with E-state index in [1.165, 1.54) is 4.80 Å². The van der Waals surface area contributed by atoms with E-state index >= 15 is 0 Å². The number of ether oxygens (including phenoxy) is 1. The first-order valence-corrected chi connectivity index (χ1v) is 14.5. The van der Waals surface area contributed by atoms with Crippen molar-refractivity contribution in [3.05, 3.63) is 45.6 Å². The summed E-state index contributed by atoms with van der Waals surface area (Å²) < 4.78 is 8.85. The maximum atomic E-state index is 11.0. The highest BCUT2D eigenvalue weighted by atomic mass is 127. The summed E-state index contributed by atoms with van der Waals surface area (Å²) in [6, 6.07) is 8.62. The minimum Gasteiger partial charge on any atom is -0.387 e. The Morgan fingerprint density at radius 2 is 1.98 bits per heavy atom. The Morgan fingerprint density at radius 1 is 1.15 bits per heavy atom. The molecule has 6 rings (SSSR count). The molecule has 2 aliphatic rings. The molecule has 0 spiro atoms. The van der Waals surface area contributed by atoms with Crippen LogP contribution in [0.4, 0.5) is 11.8 Å². The number of aromatic nitrogens is 8. The number of halogens is 1. The number of imidazole rings is 1. The van der Waals surface area contributed by atoms with Gasteiger partial charge in [-0.15, -0.1) is 10.2 Å². The second-order valence-corrected chi connectivity index (χ2v) is 11.5. The number of fused-ring (bicyclic) bond motifs is 1. The number of rotatable bonds is 8. The molecule has 1 aliphatic heterocycles. The van der Waals surface area contributed by atoms with Crippen LogP contribution >= 0.6 is 22.6 Å². The van der Waals surface area contributed by atoms with Crippen molar-refractivity contribution in [1.82, 2.24) is 39.7 Å². The van der Waals surface area contributed by atoms with Crippen LogP contribution in [0.3, 0.4) is 0 Å². The molecule has 0 bridgehead atoms. The van der Waals surface area contributed by atoms with E-state index in [4.69, 9.17) is 20.4 Å². The molecule has 4 heterocycles. The van der Waals surface area contributed by atoms with Crippen molar-refractivity contribution >= 4 is 45.5 Å². The lowest BCUT2D eigenvalue weighted by molar-refractivity contribution is -0.0384. The first-order valence-electron chi connectivity index (χ1n) is 13.4. The molecule has 3 aromatic heterocycles. The van der Waals surface area contributed by atoms with Gasteiger partial charge < -0.3 is 31.3 Å². The Bertz CT molecular complexity index is 1470. The minimum absolute atomic E-state index is 0.198. The third-order valence-electron chi connectivity index (χ3n) is 7.39. The average Bonchev–Trinajstić information content (AvgIpc) is 3.67. The second kappa shape index (κ2) is 11.5. The first-order chi connectivity index (χ1) is 19.4. The molecular formula is C25H32IN11O3. The van der Waals surface area contributed by atoms with Crippen molar-refractivity contribution in [2.45, 2.75) is 82.3 Å². The van der Waals surface area contributed by atoms with Gasteiger partial charge in [-0.2, -0.15) is 14.8 Å². The summed E-state index contributed by atoms with van der Waals surface area (Å²) in [6.45, 7) is 2.94. The van der Waals surface area contributed by atoms with Crippen molar-refractivity contribution < 1.29 is 14.9 Å². The van der Waals surface area contributed by atoms with Crippen LogP contribution in [0.1, 0.15) is 56.3 Å². The van der Waals surface area contributed by atoms with Crippen LogP contribution in [-0.2, 0) is 17.8 Å². The first kappa shape index (κ1) is 27.2. The van der Waals surface area contributed by atoms with Gasteiger partial charge in [0.05, 0.1) is 12.9 Å². The Balaban J connectivity index is 1.33. The molecule has 2 fully saturated rings. The molecule has 6 N–H and O–H groups in total. The monoisotopic (exact) mass is 661 g/mol. The van der Waals surface area contributed by atoms with Crippen LogP contribution in [0.15, 0.2) is 30.6 Å². The molecule has 40 heavy (non-hydrogen) atoms. The third-order valence-corrected chi connectivity index (χ3v) is 8.06. The normalized spacial score (nSPS) is 26.8. The number of anilines is 2. The van der Waals surface area contributed by atoms with Crippen LogP contribution in [0.5, 0.6) is 0 Å². The van der Waals surface area contributed by atoms with Crippen molar-refractivity contribution in [2.24, 2.45) is 5.73 Å². The number of benzene rings is 1. The zero-order valence-electron chi connectivity index (χ0n) is 21.9. The molecule has 4 atom stereocenters. The molecule has 4 aromatic rings.